The first-order valence-corrected chi connectivity index (χ1v) is 9.34. The monoisotopic (exact) mass is 345 g/mol. The third-order valence-electron chi connectivity index (χ3n) is 4.44. The van der Waals surface area contributed by atoms with Gasteiger partial charge in [0.2, 0.25) is 11.8 Å². The van der Waals surface area contributed by atoms with E-state index >= 15 is 0 Å². The van der Waals surface area contributed by atoms with Gasteiger partial charge in [0.15, 0.2) is 0 Å². The zero-order valence-electron chi connectivity index (χ0n) is 13.9. The van der Waals surface area contributed by atoms with Gasteiger partial charge in [-0.2, -0.15) is 0 Å². The summed E-state index contributed by atoms with van der Waals surface area (Å²) < 4.78 is 1.21. The molecule has 3 rings (SSSR count). The summed E-state index contributed by atoms with van der Waals surface area (Å²) in [6.07, 6.45) is 4.33. The zero-order chi connectivity index (χ0) is 16.9. The number of nitrogens with zero attached hydrogens (tertiary/aromatic N) is 1. The molecule has 2 N–H and O–H groups in total. The Bertz CT molecular complexity index is 695. The van der Waals surface area contributed by atoms with Crippen LogP contribution in [0, 0.1) is 0 Å². The van der Waals surface area contributed by atoms with Crippen LogP contribution in [0.2, 0.25) is 0 Å². The maximum atomic E-state index is 12.2. The number of para-hydroxylation sites is 1. The predicted octanol–water partition coefficient (Wildman–Crippen LogP) is 2.96. The number of nitrogens with one attached hydrogen (secondary N) is 2. The molecule has 1 aromatic carbocycles. The van der Waals surface area contributed by atoms with Gasteiger partial charge in [-0.05, 0) is 31.4 Å². The quantitative estimate of drug-likeness (QED) is 0.791. The van der Waals surface area contributed by atoms with E-state index in [4.69, 9.17) is 4.98 Å². The highest BCUT2D eigenvalue weighted by molar-refractivity contribution is 7.18. The van der Waals surface area contributed by atoms with Crippen LogP contribution >= 0.6 is 11.3 Å². The molecule has 128 valence electrons. The van der Waals surface area contributed by atoms with Gasteiger partial charge in [0.25, 0.3) is 0 Å². The molecule has 0 radical (unpaired) electrons. The molecule has 5 nitrogen and oxygen atoms in total. The molecular formula is C18H23N3O2S. The van der Waals surface area contributed by atoms with Crippen LogP contribution in [-0.4, -0.2) is 29.4 Å². The number of carbonyl (C=O) groups excluding carboxylic acids is 2. The second kappa shape index (κ2) is 7.75. The van der Waals surface area contributed by atoms with Crippen LogP contribution in [0.3, 0.4) is 0 Å². The molecule has 2 atom stereocenters. The Morgan fingerprint density at radius 2 is 2.12 bits per heavy atom. The first-order chi connectivity index (χ1) is 11.6. The van der Waals surface area contributed by atoms with E-state index in [9.17, 15) is 9.59 Å². The summed E-state index contributed by atoms with van der Waals surface area (Å²) in [7, 11) is 0. The number of hydrogen-bond donors (Lipinski definition) is 2. The molecular weight excluding hydrogens is 322 g/mol. The van der Waals surface area contributed by atoms with Gasteiger partial charge >= 0.3 is 0 Å². The van der Waals surface area contributed by atoms with Gasteiger partial charge in [0, 0.05) is 31.8 Å². The van der Waals surface area contributed by atoms with E-state index in [1.54, 1.807) is 11.3 Å². The SMILES string of the molecule is CC(=O)NCCCC(=O)N[C@H]1CCC[C@H]1c1nc2ccccc2s1. The fourth-order valence-corrected chi connectivity index (χ4v) is 4.44. The van der Waals surface area contributed by atoms with Crippen LogP contribution in [0.5, 0.6) is 0 Å². The molecule has 2 amide bonds. The van der Waals surface area contributed by atoms with Crippen LogP contribution in [0.25, 0.3) is 10.2 Å². The first-order valence-electron chi connectivity index (χ1n) is 8.53. The van der Waals surface area contributed by atoms with Gasteiger partial charge in [-0.3, -0.25) is 9.59 Å². The molecule has 24 heavy (non-hydrogen) atoms. The molecule has 1 fully saturated rings. The Morgan fingerprint density at radius 3 is 2.92 bits per heavy atom. The van der Waals surface area contributed by atoms with Gasteiger partial charge < -0.3 is 10.6 Å². The lowest BCUT2D eigenvalue weighted by molar-refractivity contribution is -0.122. The minimum absolute atomic E-state index is 0.0536. The second-order valence-corrected chi connectivity index (χ2v) is 7.38. The van der Waals surface area contributed by atoms with Crippen molar-refractivity contribution in [3.63, 3.8) is 0 Å². The minimum Gasteiger partial charge on any atom is -0.356 e. The molecule has 1 heterocycles. The summed E-state index contributed by atoms with van der Waals surface area (Å²) in [5.74, 6) is 0.335. The van der Waals surface area contributed by atoms with Gasteiger partial charge in [-0.15, -0.1) is 11.3 Å². The normalized spacial score (nSPS) is 20.2. The molecule has 1 aliphatic rings. The van der Waals surface area contributed by atoms with Crippen molar-refractivity contribution >= 4 is 33.4 Å². The Labute approximate surface area is 145 Å². The Balaban J connectivity index is 1.57. The average Bonchev–Trinajstić information content (AvgIpc) is 3.17. The first kappa shape index (κ1) is 16.9. The molecule has 0 unspecified atom stereocenters. The van der Waals surface area contributed by atoms with Crippen LogP contribution in [0.4, 0.5) is 0 Å². The lowest BCUT2D eigenvalue weighted by atomic mass is 10.0. The van der Waals surface area contributed by atoms with Crippen molar-refractivity contribution in [1.82, 2.24) is 15.6 Å². The van der Waals surface area contributed by atoms with Crippen molar-refractivity contribution in [2.75, 3.05) is 6.54 Å². The number of aromatic nitrogens is 1. The third-order valence-corrected chi connectivity index (χ3v) is 5.61. The second-order valence-electron chi connectivity index (χ2n) is 6.32. The molecule has 2 aromatic rings. The van der Waals surface area contributed by atoms with E-state index in [0.717, 1.165) is 29.8 Å². The molecule has 1 aromatic heterocycles. The maximum Gasteiger partial charge on any atom is 0.220 e. The van der Waals surface area contributed by atoms with Crippen molar-refractivity contribution in [3.05, 3.63) is 29.3 Å². The molecule has 1 aliphatic carbocycles. The van der Waals surface area contributed by atoms with Crippen molar-refractivity contribution in [3.8, 4) is 0 Å². The van der Waals surface area contributed by atoms with E-state index < -0.39 is 0 Å². The molecule has 0 saturated heterocycles. The van der Waals surface area contributed by atoms with Crippen molar-refractivity contribution < 1.29 is 9.59 Å². The Hall–Kier alpha value is -1.95. The number of rotatable bonds is 6. The van der Waals surface area contributed by atoms with E-state index in [0.29, 0.717) is 25.3 Å². The van der Waals surface area contributed by atoms with E-state index in [2.05, 4.69) is 16.7 Å². The van der Waals surface area contributed by atoms with Gasteiger partial charge in [-0.25, -0.2) is 4.98 Å². The number of amides is 2. The van der Waals surface area contributed by atoms with Crippen molar-refractivity contribution in [2.45, 2.75) is 51.0 Å². The number of fused-ring (bicyclic) bond motifs is 1. The van der Waals surface area contributed by atoms with Crippen LogP contribution in [0.15, 0.2) is 24.3 Å². The van der Waals surface area contributed by atoms with Crippen LogP contribution < -0.4 is 10.6 Å². The van der Waals surface area contributed by atoms with Gasteiger partial charge in [0.1, 0.15) is 0 Å². The fourth-order valence-electron chi connectivity index (χ4n) is 3.27. The number of benzene rings is 1. The maximum absolute atomic E-state index is 12.2. The van der Waals surface area contributed by atoms with Crippen LogP contribution in [-0.2, 0) is 9.59 Å². The smallest absolute Gasteiger partial charge is 0.220 e. The van der Waals surface area contributed by atoms with Crippen molar-refractivity contribution in [2.24, 2.45) is 0 Å². The molecule has 0 spiro atoms. The lowest BCUT2D eigenvalue weighted by Crippen LogP contribution is -2.36. The van der Waals surface area contributed by atoms with E-state index in [1.807, 2.05) is 18.2 Å². The zero-order valence-corrected chi connectivity index (χ0v) is 14.7. The summed E-state index contributed by atoms with van der Waals surface area (Å²) in [4.78, 5) is 27.7. The topological polar surface area (TPSA) is 71.1 Å². The number of thiazole rings is 1. The minimum atomic E-state index is -0.0536. The third kappa shape index (κ3) is 4.12. The van der Waals surface area contributed by atoms with Gasteiger partial charge in [0.05, 0.1) is 15.2 Å². The standard InChI is InChI=1S/C18H23N3O2S/c1-12(22)19-11-5-10-17(23)20-14-8-4-6-13(14)18-21-15-7-2-3-9-16(15)24-18/h2-3,7,9,13-14H,4-6,8,10-11H2,1H3,(H,19,22)(H,20,23)/t13-,14+/m1/s1. The van der Waals surface area contributed by atoms with E-state index in [1.165, 1.54) is 11.6 Å². The summed E-state index contributed by atoms with van der Waals surface area (Å²) in [5, 5.41) is 7.03. The Morgan fingerprint density at radius 1 is 1.29 bits per heavy atom. The highest BCUT2D eigenvalue weighted by Crippen LogP contribution is 2.38. The Kier molecular flexibility index (Phi) is 5.45. The fraction of sp³-hybridized carbons (Fsp3) is 0.500. The molecule has 0 bridgehead atoms. The molecule has 1 saturated carbocycles. The summed E-state index contributed by atoms with van der Waals surface area (Å²) in [6, 6.07) is 8.36. The summed E-state index contributed by atoms with van der Waals surface area (Å²) >= 11 is 1.74. The lowest BCUT2D eigenvalue weighted by Gasteiger charge is -2.19. The highest BCUT2D eigenvalue weighted by atomic mass is 32.1. The van der Waals surface area contributed by atoms with Crippen LogP contribution in [0.1, 0.15) is 50.0 Å². The number of hydrogen-bond acceptors (Lipinski definition) is 4. The average molecular weight is 345 g/mol. The van der Waals surface area contributed by atoms with Gasteiger partial charge in [-0.1, -0.05) is 18.6 Å². The summed E-state index contributed by atoms with van der Waals surface area (Å²) in [6.45, 7) is 2.04. The highest BCUT2D eigenvalue weighted by Gasteiger charge is 2.31. The molecule has 0 aliphatic heterocycles. The largest absolute Gasteiger partial charge is 0.356 e. The predicted molar refractivity (Wildman–Crippen MR) is 96.1 cm³/mol. The summed E-state index contributed by atoms with van der Waals surface area (Å²) in [5.41, 5.74) is 1.05. The number of carbonyl (C=O) groups is 2. The van der Waals surface area contributed by atoms with Crippen molar-refractivity contribution in [1.29, 1.82) is 0 Å². The molecule has 6 heteroatoms. The van der Waals surface area contributed by atoms with E-state index in [-0.39, 0.29) is 17.9 Å².